The maximum atomic E-state index is 13.1. The average molecular weight is 430 g/mol. The number of aryl methyl sites for hydroxylation is 1. The summed E-state index contributed by atoms with van der Waals surface area (Å²) in [6, 6.07) is 6.11. The van der Waals surface area contributed by atoms with E-state index in [9.17, 15) is 4.79 Å². The lowest BCUT2D eigenvalue weighted by Crippen LogP contribution is -2.27. The van der Waals surface area contributed by atoms with Crippen LogP contribution < -0.4 is 5.32 Å². The molecule has 0 spiro atoms. The number of hydrogen-bond acceptors (Lipinski definition) is 4. The third-order valence-corrected chi connectivity index (χ3v) is 7.02. The zero-order chi connectivity index (χ0) is 22.3. The van der Waals surface area contributed by atoms with Gasteiger partial charge in [-0.15, -0.1) is 0 Å². The van der Waals surface area contributed by atoms with Gasteiger partial charge in [-0.1, -0.05) is 26.3 Å². The van der Waals surface area contributed by atoms with Gasteiger partial charge in [0, 0.05) is 42.3 Å². The van der Waals surface area contributed by atoms with Crippen LogP contribution in [0.5, 0.6) is 0 Å². The van der Waals surface area contributed by atoms with E-state index in [1.807, 2.05) is 30.7 Å². The predicted octanol–water partition coefficient (Wildman–Crippen LogP) is 5.14. The second-order valence-electron chi connectivity index (χ2n) is 10.2. The normalized spacial score (nSPS) is 21.8. The highest BCUT2D eigenvalue weighted by Gasteiger charge is 2.32. The van der Waals surface area contributed by atoms with E-state index in [1.54, 1.807) is 6.20 Å². The molecule has 1 fully saturated rings. The number of carbonyl (C=O) groups is 1. The number of fused-ring (bicyclic) bond motifs is 1. The average Bonchev–Trinajstić information content (AvgIpc) is 3.30. The Hall–Kier alpha value is -3.02. The Morgan fingerprint density at radius 1 is 1.19 bits per heavy atom. The van der Waals surface area contributed by atoms with Crippen LogP contribution in [0, 0.1) is 18.3 Å². The number of nitrogens with one attached hydrogen (secondary N) is 1. The van der Waals surface area contributed by atoms with Gasteiger partial charge in [0.25, 0.3) is 0 Å². The monoisotopic (exact) mass is 429 g/mol. The van der Waals surface area contributed by atoms with Gasteiger partial charge in [-0.3, -0.25) is 14.5 Å². The van der Waals surface area contributed by atoms with Crippen molar-refractivity contribution in [2.45, 2.75) is 65.3 Å². The Balaban J connectivity index is 1.33. The molecule has 166 valence electrons. The summed E-state index contributed by atoms with van der Waals surface area (Å²) in [6.45, 7) is 7.56. The molecule has 1 amide bonds. The predicted molar refractivity (Wildman–Crippen MR) is 125 cm³/mol. The van der Waals surface area contributed by atoms with E-state index in [1.165, 1.54) is 11.3 Å². The Morgan fingerprint density at radius 3 is 2.88 bits per heavy atom. The maximum Gasteiger partial charge on any atom is 0.228 e. The SMILES string of the molecule is Cc1cnc(NC(=O)[C@H]2CCC[C@@H](c3cccnc3)C2)cc1-c1cnn2c1CC(C)(C)C2. The molecule has 5 rings (SSSR count). The van der Waals surface area contributed by atoms with E-state index < -0.39 is 0 Å². The zero-order valence-electron chi connectivity index (χ0n) is 19.1. The van der Waals surface area contributed by atoms with E-state index >= 15 is 0 Å². The Bertz CT molecular complexity index is 1130. The van der Waals surface area contributed by atoms with Gasteiger partial charge in [-0.25, -0.2) is 4.98 Å². The molecule has 0 bridgehead atoms. The summed E-state index contributed by atoms with van der Waals surface area (Å²) in [4.78, 5) is 21.9. The molecule has 1 aliphatic carbocycles. The van der Waals surface area contributed by atoms with E-state index in [0.717, 1.165) is 55.3 Å². The largest absolute Gasteiger partial charge is 0.310 e. The minimum absolute atomic E-state index is 0.00158. The molecule has 0 radical (unpaired) electrons. The van der Waals surface area contributed by atoms with Crippen LogP contribution >= 0.6 is 0 Å². The van der Waals surface area contributed by atoms with Gasteiger partial charge in [0.15, 0.2) is 0 Å². The van der Waals surface area contributed by atoms with Crippen molar-refractivity contribution in [2.75, 3.05) is 5.32 Å². The van der Waals surface area contributed by atoms with Crippen molar-refractivity contribution < 1.29 is 4.79 Å². The molecule has 0 saturated heterocycles. The summed E-state index contributed by atoms with van der Waals surface area (Å²) in [6.07, 6.45) is 12.5. The lowest BCUT2D eigenvalue weighted by atomic mass is 9.78. The first-order valence-electron chi connectivity index (χ1n) is 11.6. The fourth-order valence-electron chi connectivity index (χ4n) is 5.33. The first-order valence-corrected chi connectivity index (χ1v) is 11.6. The van der Waals surface area contributed by atoms with E-state index in [4.69, 9.17) is 0 Å². The first kappa shape index (κ1) is 20.9. The number of rotatable bonds is 4. The van der Waals surface area contributed by atoms with Crippen LogP contribution in [0.15, 0.2) is 43.0 Å². The van der Waals surface area contributed by atoms with E-state index in [2.05, 4.69) is 51.9 Å². The summed E-state index contributed by atoms with van der Waals surface area (Å²) < 4.78 is 2.12. The highest BCUT2D eigenvalue weighted by molar-refractivity contribution is 5.92. The summed E-state index contributed by atoms with van der Waals surface area (Å²) in [5.41, 5.74) is 6.08. The lowest BCUT2D eigenvalue weighted by molar-refractivity contribution is -0.120. The minimum Gasteiger partial charge on any atom is -0.310 e. The number of pyridine rings is 2. The van der Waals surface area contributed by atoms with Crippen molar-refractivity contribution in [3.8, 4) is 11.1 Å². The number of anilines is 1. The molecule has 3 aromatic heterocycles. The molecule has 3 aromatic rings. The molecule has 1 aliphatic heterocycles. The second kappa shape index (κ2) is 8.15. The summed E-state index contributed by atoms with van der Waals surface area (Å²) in [7, 11) is 0. The fraction of sp³-hybridized carbons (Fsp3) is 0.462. The molecule has 2 atom stereocenters. The molecule has 6 nitrogen and oxygen atoms in total. The molecule has 0 unspecified atom stereocenters. The van der Waals surface area contributed by atoms with Crippen LogP contribution in [0.25, 0.3) is 11.1 Å². The highest BCUT2D eigenvalue weighted by atomic mass is 16.1. The van der Waals surface area contributed by atoms with Crippen LogP contribution in [0.2, 0.25) is 0 Å². The van der Waals surface area contributed by atoms with Gasteiger partial charge in [-0.2, -0.15) is 5.10 Å². The summed E-state index contributed by atoms with van der Waals surface area (Å²) >= 11 is 0. The molecular formula is C26H31N5O. The smallest absolute Gasteiger partial charge is 0.228 e. The third kappa shape index (κ3) is 4.06. The van der Waals surface area contributed by atoms with Crippen molar-refractivity contribution in [3.63, 3.8) is 0 Å². The van der Waals surface area contributed by atoms with Gasteiger partial charge in [-0.05, 0) is 72.8 Å². The molecule has 32 heavy (non-hydrogen) atoms. The van der Waals surface area contributed by atoms with Crippen molar-refractivity contribution in [1.82, 2.24) is 19.7 Å². The number of nitrogens with zero attached hydrogens (tertiary/aromatic N) is 4. The van der Waals surface area contributed by atoms with Crippen LogP contribution in [-0.2, 0) is 17.8 Å². The van der Waals surface area contributed by atoms with Crippen LogP contribution in [0.1, 0.15) is 62.3 Å². The summed E-state index contributed by atoms with van der Waals surface area (Å²) in [5.74, 6) is 1.09. The Labute approximate surface area is 189 Å². The molecular weight excluding hydrogens is 398 g/mol. The summed E-state index contributed by atoms with van der Waals surface area (Å²) in [5, 5.41) is 7.72. The van der Waals surface area contributed by atoms with Crippen molar-refractivity contribution >= 4 is 11.7 Å². The molecule has 6 heteroatoms. The maximum absolute atomic E-state index is 13.1. The molecule has 4 heterocycles. The van der Waals surface area contributed by atoms with Gasteiger partial charge in [0.1, 0.15) is 5.82 Å². The first-order chi connectivity index (χ1) is 15.4. The number of aromatic nitrogens is 4. The number of carbonyl (C=O) groups excluding carboxylic acids is 1. The number of hydrogen-bond donors (Lipinski definition) is 1. The lowest BCUT2D eigenvalue weighted by Gasteiger charge is -2.28. The van der Waals surface area contributed by atoms with Gasteiger partial charge >= 0.3 is 0 Å². The molecule has 1 saturated carbocycles. The van der Waals surface area contributed by atoms with Gasteiger partial charge < -0.3 is 5.32 Å². The zero-order valence-corrected chi connectivity index (χ0v) is 19.1. The van der Waals surface area contributed by atoms with Gasteiger partial charge in [0.05, 0.1) is 6.20 Å². The standard InChI is InChI=1S/C26H31N5O/c1-17-13-28-24(11-21(17)22-15-29-31-16-26(2,3)12-23(22)31)30-25(32)19-7-4-6-18(10-19)20-8-5-9-27-14-20/h5,8-9,11,13-15,18-19H,4,6-7,10,12,16H2,1-3H3,(H,28,30,32)/t18-,19+/m1/s1. The Kier molecular flexibility index (Phi) is 5.31. The van der Waals surface area contributed by atoms with Gasteiger partial charge in [0.2, 0.25) is 5.91 Å². The highest BCUT2D eigenvalue weighted by Crippen LogP contribution is 2.39. The van der Waals surface area contributed by atoms with Crippen LogP contribution in [0.4, 0.5) is 5.82 Å². The molecule has 0 aromatic carbocycles. The van der Waals surface area contributed by atoms with Crippen molar-refractivity contribution in [1.29, 1.82) is 0 Å². The Morgan fingerprint density at radius 2 is 2.06 bits per heavy atom. The number of amides is 1. The minimum atomic E-state index is 0.00158. The second-order valence-corrected chi connectivity index (χ2v) is 10.2. The third-order valence-electron chi connectivity index (χ3n) is 7.02. The van der Waals surface area contributed by atoms with E-state index in [0.29, 0.717) is 11.7 Å². The van der Waals surface area contributed by atoms with Crippen molar-refractivity contribution in [3.05, 3.63) is 59.8 Å². The van der Waals surface area contributed by atoms with Crippen LogP contribution in [-0.4, -0.2) is 25.7 Å². The topological polar surface area (TPSA) is 72.7 Å². The van der Waals surface area contributed by atoms with E-state index in [-0.39, 0.29) is 17.2 Å². The molecule has 2 aliphatic rings. The van der Waals surface area contributed by atoms with Crippen molar-refractivity contribution in [2.24, 2.45) is 11.3 Å². The van der Waals surface area contributed by atoms with Crippen LogP contribution in [0.3, 0.4) is 0 Å². The quantitative estimate of drug-likeness (QED) is 0.623. The fourth-order valence-corrected chi connectivity index (χ4v) is 5.33. The molecule has 1 N–H and O–H groups in total.